The molecule has 0 spiro atoms. The van der Waals surface area contributed by atoms with Crippen molar-refractivity contribution in [2.75, 3.05) is 20.2 Å². The Bertz CT molecular complexity index is 959. The second kappa shape index (κ2) is 10.3. The summed E-state index contributed by atoms with van der Waals surface area (Å²) in [4.78, 5) is 13.3. The first-order valence-corrected chi connectivity index (χ1v) is 12.2. The van der Waals surface area contributed by atoms with Crippen LogP contribution < -0.4 is 10.1 Å². The van der Waals surface area contributed by atoms with Gasteiger partial charge in [0.15, 0.2) is 0 Å². The zero-order valence-electron chi connectivity index (χ0n) is 18.5. The minimum Gasteiger partial charge on any atom is -0.497 e. The Morgan fingerprint density at radius 1 is 1.13 bits per heavy atom. The molecule has 1 amide bonds. The molecule has 1 heterocycles. The molecule has 1 N–H and O–H groups in total. The Labute approximate surface area is 185 Å². The van der Waals surface area contributed by atoms with Crippen molar-refractivity contribution in [1.29, 1.82) is 0 Å². The van der Waals surface area contributed by atoms with Gasteiger partial charge in [-0.1, -0.05) is 44.2 Å². The third-order valence-electron chi connectivity index (χ3n) is 5.68. The summed E-state index contributed by atoms with van der Waals surface area (Å²) in [6, 6.07) is 16.2. The molecule has 0 radical (unpaired) electrons. The van der Waals surface area contributed by atoms with Crippen LogP contribution in [0.4, 0.5) is 0 Å². The Morgan fingerprint density at radius 3 is 2.42 bits per heavy atom. The largest absolute Gasteiger partial charge is 0.497 e. The molecular formula is C24H32N2O4S. The molecule has 3 rings (SSSR count). The summed E-state index contributed by atoms with van der Waals surface area (Å²) < 4.78 is 32.7. The molecule has 2 atom stereocenters. The fourth-order valence-electron chi connectivity index (χ4n) is 4.00. The maximum Gasteiger partial charge on any atom is 0.243 e. The lowest BCUT2D eigenvalue weighted by Gasteiger charge is -2.32. The molecule has 31 heavy (non-hydrogen) atoms. The maximum atomic E-state index is 13.1. The zero-order chi connectivity index (χ0) is 22.4. The lowest BCUT2D eigenvalue weighted by Crippen LogP contribution is -2.46. The van der Waals surface area contributed by atoms with Crippen LogP contribution in [0.15, 0.2) is 59.5 Å². The van der Waals surface area contributed by atoms with Crippen molar-refractivity contribution in [2.24, 2.45) is 11.8 Å². The molecule has 1 aliphatic heterocycles. The van der Waals surface area contributed by atoms with Crippen LogP contribution in [0.2, 0.25) is 0 Å². The number of methoxy groups -OCH3 is 1. The van der Waals surface area contributed by atoms with Gasteiger partial charge in [0.25, 0.3) is 0 Å². The monoisotopic (exact) mass is 444 g/mol. The molecule has 2 unspecified atom stereocenters. The van der Waals surface area contributed by atoms with E-state index in [0.29, 0.717) is 31.1 Å². The van der Waals surface area contributed by atoms with Crippen LogP contribution in [0.25, 0.3) is 0 Å². The van der Waals surface area contributed by atoms with Crippen LogP contribution >= 0.6 is 0 Å². The quantitative estimate of drug-likeness (QED) is 0.668. The van der Waals surface area contributed by atoms with E-state index >= 15 is 0 Å². The first kappa shape index (κ1) is 23.3. The lowest BCUT2D eigenvalue weighted by molar-refractivity contribution is -0.127. The number of hydrogen-bond donors (Lipinski definition) is 1. The number of carbonyl (C=O) groups excluding carboxylic acids is 1. The second-order valence-electron chi connectivity index (χ2n) is 8.48. The van der Waals surface area contributed by atoms with E-state index in [1.807, 2.05) is 30.3 Å². The van der Waals surface area contributed by atoms with Gasteiger partial charge in [-0.25, -0.2) is 8.42 Å². The molecule has 7 heteroatoms. The van der Waals surface area contributed by atoms with Gasteiger partial charge >= 0.3 is 0 Å². The van der Waals surface area contributed by atoms with Gasteiger partial charge in [0.05, 0.1) is 24.0 Å². The van der Waals surface area contributed by atoms with E-state index in [1.165, 1.54) is 4.31 Å². The van der Waals surface area contributed by atoms with Crippen molar-refractivity contribution in [3.63, 3.8) is 0 Å². The molecule has 1 fully saturated rings. The van der Waals surface area contributed by atoms with Crippen LogP contribution in [0.3, 0.4) is 0 Å². The van der Waals surface area contributed by atoms with Gasteiger partial charge in [0.1, 0.15) is 5.75 Å². The number of amides is 1. The van der Waals surface area contributed by atoms with Gasteiger partial charge in [-0.3, -0.25) is 4.79 Å². The second-order valence-corrected chi connectivity index (χ2v) is 10.4. The number of rotatable bonds is 8. The van der Waals surface area contributed by atoms with Crippen LogP contribution in [0.1, 0.15) is 44.7 Å². The molecule has 0 bridgehead atoms. The minimum absolute atomic E-state index is 0.0795. The Hall–Kier alpha value is -2.38. The van der Waals surface area contributed by atoms with E-state index < -0.39 is 10.0 Å². The summed E-state index contributed by atoms with van der Waals surface area (Å²) in [5, 5.41) is 3.18. The van der Waals surface area contributed by atoms with Gasteiger partial charge in [0.2, 0.25) is 15.9 Å². The zero-order valence-corrected chi connectivity index (χ0v) is 19.3. The van der Waals surface area contributed by atoms with Crippen molar-refractivity contribution >= 4 is 15.9 Å². The number of hydrogen-bond acceptors (Lipinski definition) is 4. The normalized spacial score (nSPS) is 18.5. The van der Waals surface area contributed by atoms with Crippen molar-refractivity contribution in [3.8, 4) is 5.75 Å². The summed E-state index contributed by atoms with van der Waals surface area (Å²) in [6.07, 6.45) is 2.17. The average molecular weight is 445 g/mol. The van der Waals surface area contributed by atoms with E-state index in [2.05, 4.69) is 19.2 Å². The number of benzene rings is 2. The Morgan fingerprint density at radius 2 is 1.81 bits per heavy atom. The van der Waals surface area contributed by atoms with Crippen molar-refractivity contribution in [1.82, 2.24) is 9.62 Å². The summed E-state index contributed by atoms with van der Waals surface area (Å²) in [7, 11) is -2.11. The smallest absolute Gasteiger partial charge is 0.243 e. The number of nitrogens with one attached hydrogen (secondary N) is 1. The number of sulfonamides is 1. The molecule has 0 saturated carbocycles. The summed E-state index contributed by atoms with van der Waals surface area (Å²) in [5.41, 5.74) is 1.07. The number of carbonyl (C=O) groups is 1. The van der Waals surface area contributed by atoms with Gasteiger partial charge in [-0.05, 0) is 55.0 Å². The molecule has 168 valence electrons. The highest BCUT2D eigenvalue weighted by atomic mass is 32.2. The standard InChI is InChI=1S/C24H32N2O4S/c1-18(2)16-23(19-8-5-4-6-9-19)25-24(27)20-10-7-15-26(17-20)31(28,29)22-13-11-21(30-3)12-14-22/h4-6,8-9,11-14,18,20,23H,7,10,15-17H2,1-3H3,(H,25,27). The molecule has 0 aromatic heterocycles. The molecule has 0 aliphatic carbocycles. The Balaban J connectivity index is 1.71. The van der Waals surface area contributed by atoms with E-state index in [-0.39, 0.29) is 29.3 Å². The first-order valence-electron chi connectivity index (χ1n) is 10.8. The molecule has 2 aromatic rings. The summed E-state index contributed by atoms with van der Waals surface area (Å²) >= 11 is 0. The van der Waals surface area contributed by atoms with E-state index in [0.717, 1.165) is 12.0 Å². The molecular weight excluding hydrogens is 412 g/mol. The van der Waals surface area contributed by atoms with Gasteiger partial charge < -0.3 is 10.1 Å². The van der Waals surface area contributed by atoms with Crippen LogP contribution in [-0.4, -0.2) is 38.8 Å². The predicted molar refractivity (Wildman–Crippen MR) is 121 cm³/mol. The van der Waals surface area contributed by atoms with Crippen LogP contribution in [0, 0.1) is 11.8 Å². The van der Waals surface area contributed by atoms with Crippen LogP contribution in [0.5, 0.6) is 5.75 Å². The molecule has 1 saturated heterocycles. The third-order valence-corrected chi connectivity index (χ3v) is 7.56. The highest BCUT2D eigenvalue weighted by Crippen LogP contribution is 2.27. The SMILES string of the molecule is COc1ccc(S(=O)(=O)N2CCCC(C(=O)NC(CC(C)C)c3ccccc3)C2)cc1. The predicted octanol–water partition coefficient (Wildman–Crippen LogP) is 4.00. The number of piperidine rings is 1. The average Bonchev–Trinajstić information content (AvgIpc) is 2.79. The molecule has 1 aliphatic rings. The third kappa shape index (κ3) is 5.86. The number of nitrogens with zero attached hydrogens (tertiary/aromatic N) is 1. The first-order chi connectivity index (χ1) is 14.8. The minimum atomic E-state index is -3.66. The molecule has 2 aromatic carbocycles. The van der Waals surface area contributed by atoms with Gasteiger partial charge in [0, 0.05) is 13.1 Å². The topological polar surface area (TPSA) is 75.7 Å². The highest BCUT2D eigenvalue weighted by molar-refractivity contribution is 7.89. The van der Waals surface area contributed by atoms with Crippen molar-refractivity contribution in [2.45, 2.75) is 44.0 Å². The van der Waals surface area contributed by atoms with Gasteiger partial charge in [-0.15, -0.1) is 0 Å². The molecule has 6 nitrogen and oxygen atoms in total. The fourth-order valence-corrected chi connectivity index (χ4v) is 5.52. The van der Waals surface area contributed by atoms with Crippen molar-refractivity contribution < 1.29 is 17.9 Å². The van der Waals surface area contributed by atoms with Crippen LogP contribution in [-0.2, 0) is 14.8 Å². The summed E-state index contributed by atoms with van der Waals surface area (Å²) in [5.74, 6) is 0.583. The van der Waals surface area contributed by atoms with E-state index in [4.69, 9.17) is 4.74 Å². The number of ether oxygens (including phenoxy) is 1. The maximum absolute atomic E-state index is 13.1. The van der Waals surface area contributed by atoms with E-state index in [9.17, 15) is 13.2 Å². The summed E-state index contributed by atoms with van der Waals surface area (Å²) in [6.45, 7) is 4.88. The Kier molecular flexibility index (Phi) is 7.73. The van der Waals surface area contributed by atoms with Gasteiger partial charge in [-0.2, -0.15) is 4.31 Å². The lowest BCUT2D eigenvalue weighted by atomic mass is 9.94. The fraction of sp³-hybridized carbons (Fsp3) is 0.458. The van der Waals surface area contributed by atoms with E-state index in [1.54, 1.807) is 31.4 Å². The van der Waals surface area contributed by atoms with Crippen molar-refractivity contribution in [3.05, 3.63) is 60.2 Å². The highest BCUT2D eigenvalue weighted by Gasteiger charge is 2.34.